The summed E-state index contributed by atoms with van der Waals surface area (Å²) in [5, 5.41) is 0. The van der Waals surface area contributed by atoms with Crippen molar-refractivity contribution in [2.45, 2.75) is 19.8 Å². The molecule has 1 heterocycles. The number of rotatable bonds is 3. The van der Waals surface area contributed by atoms with Gasteiger partial charge in [-0.2, -0.15) is 5.56 Å². The minimum Gasteiger partial charge on any atom is -0.494 e. The summed E-state index contributed by atoms with van der Waals surface area (Å²) in [6.07, 6.45) is 4.50. The second-order valence-corrected chi connectivity index (χ2v) is 3.94. The fraction of sp³-hybridized carbons (Fsp3) is 0.357. The molecule has 1 aliphatic heterocycles. The molecule has 1 aliphatic rings. The van der Waals surface area contributed by atoms with Crippen molar-refractivity contribution in [1.29, 1.82) is 0 Å². The van der Waals surface area contributed by atoms with Gasteiger partial charge in [0.05, 0.1) is 6.61 Å². The zero-order valence-corrected chi connectivity index (χ0v) is 13.6. The summed E-state index contributed by atoms with van der Waals surface area (Å²) in [5.41, 5.74) is 1.87. The van der Waals surface area contributed by atoms with Crippen LogP contribution in [0.1, 0.15) is 25.3 Å². The van der Waals surface area contributed by atoms with Gasteiger partial charge in [-0.1, -0.05) is 0 Å². The standard InChI is InChI=1S/C14H16NO2.Y/c1-3-17-12-9-7-11(8-10-12)13-5-4-6-14(16)15(13)2;/h7-10H,3-4,6H2,1-2H3;/q-1;. The van der Waals surface area contributed by atoms with E-state index >= 15 is 0 Å². The Morgan fingerprint density at radius 1 is 1.33 bits per heavy atom. The Balaban J connectivity index is 0.00000162. The number of benzene rings is 1. The summed E-state index contributed by atoms with van der Waals surface area (Å²) >= 11 is 0. The van der Waals surface area contributed by atoms with Crippen molar-refractivity contribution in [3.05, 3.63) is 35.9 Å². The Hall–Kier alpha value is -0.666. The van der Waals surface area contributed by atoms with E-state index in [0.717, 1.165) is 17.0 Å². The third-order valence-electron chi connectivity index (χ3n) is 2.78. The smallest absolute Gasteiger partial charge is 0.222 e. The van der Waals surface area contributed by atoms with E-state index in [-0.39, 0.29) is 38.6 Å². The van der Waals surface area contributed by atoms with Gasteiger partial charge in [0.2, 0.25) is 5.91 Å². The van der Waals surface area contributed by atoms with Gasteiger partial charge in [-0.05, 0) is 19.1 Å². The first kappa shape index (κ1) is 15.4. The van der Waals surface area contributed by atoms with E-state index in [2.05, 4.69) is 6.08 Å². The van der Waals surface area contributed by atoms with Crippen molar-refractivity contribution >= 4 is 11.6 Å². The normalized spacial score (nSPS) is 14.9. The number of carbonyl (C=O) groups excluding carboxylic acids is 1. The van der Waals surface area contributed by atoms with Crippen LogP contribution in [0, 0.1) is 6.08 Å². The van der Waals surface area contributed by atoms with Gasteiger partial charge in [0, 0.05) is 46.2 Å². The molecule has 0 N–H and O–H groups in total. The monoisotopic (exact) mass is 319 g/mol. The van der Waals surface area contributed by atoms with Crippen LogP contribution in [0.15, 0.2) is 24.3 Å². The molecule has 0 spiro atoms. The fourth-order valence-electron chi connectivity index (χ4n) is 1.87. The van der Waals surface area contributed by atoms with Gasteiger partial charge in [-0.15, -0.1) is 24.3 Å². The van der Waals surface area contributed by atoms with Gasteiger partial charge in [0.1, 0.15) is 5.75 Å². The summed E-state index contributed by atoms with van der Waals surface area (Å²) in [4.78, 5) is 13.3. The Kier molecular flexibility index (Phi) is 6.03. The number of nitrogens with zero attached hydrogens (tertiary/aromatic N) is 1. The summed E-state index contributed by atoms with van der Waals surface area (Å²) in [5.74, 6) is 0.995. The Bertz CT molecular complexity index is 440. The van der Waals surface area contributed by atoms with Crippen LogP contribution in [0.5, 0.6) is 5.75 Å². The zero-order valence-electron chi connectivity index (χ0n) is 10.8. The SMILES string of the molecule is CCOc1ccc(C2=[C-]CCC(=O)N2C)cc1.[Y]. The first-order valence-corrected chi connectivity index (χ1v) is 5.83. The molecule has 1 radical (unpaired) electrons. The van der Waals surface area contributed by atoms with E-state index in [1.807, 2.05) is 31.2 Å². The molecule has 4 heteroatoms. The topological polar surface area (TPSA) is 29.5 Å². The number of carbonyl (C=O) groups is 1. The number of allylic oxidation sites excluding steroid dienone is 1. The van der Waals surface area contributed by atoms with E-state index in [4.69, 9.17) is 4.74 Å². The largest absolute Gasteiger partial charge is 0.494 e. The van der Waals surface area contributed by atoms with E-state index < -0.39 is 0 Å². The molecule has 0 saturated heterocycles. The summed E-state index contributed by atoms with van der Waals surface area (Å²) < 4.78 is 5.39. The Morgan fingerprint density at radius 2 is 2.00 bits per heavy atom. The maximum atomic E-state index is 11.6. The van der Waals surface area contributed by atoms with E-state index in [9.17, 15) is 4.79 Å². The van der Waals surface area contributed by atoms with Crippen LogP contribution < -0.4 is 4.74 Å². The minimum atomic E-state index is 0. The quantitative estimate of drug-likeness (QED) is 0.801. The molecule has 0 bridgehead atoms. The van der Waals surface area contributed by atoms with E-state index in [0.29, 0.717) is 19.4 Å². The van der Waals surface area contributed by atoms with E-state index in [1.165, 1.54) is 0 Å². The summed E-state index contributed by atoms with van der Waals surface area (Å²) in [7, 11) is 1.79. The first-order chi connectivity index (χ1) is 8.22. The molecule has 0 aliphatic carbocycles. The Labute approximate surface area is 133 Å². The molecular weight excluding hydrogens is 303 g/mol. The van der Waals surface area contributed by atoms with Crippen molar-refractivity contribution in [3.8, 4) is 5.75 Å². The number of hydrogen-bond acceptors (Lipinski definition) is 2. The van der Waals surface area contributed by atoms with Crippen molar-refractivity contribution < 1.29 is 42.2 Å². The predicted octanol–water partition coefficient (Wildman–Crippen LogP) is 2.48. The van der Waals surface area contributed by atoms with Crippen molar-refractivity contribution in [2.75, 3.05) is 13.7 Å². The second kappa shape index (κ2) is 7.05. The number of ether oxygens (including phenoxy) is 1. The molecule has 0 aromatic heterocycles. The molecule has 1 aromatic rings. The van der Waals surface area contributed by atoms with Crippen molar-refractivity contribution in [3.63, 3.8) is 0 Å². The van der Waals surface area contributed by atoms with Gasteiger partial charge < -0.3 is 9.64 Å². The zero-order chi connectivity index (χ0) is 12.3. The maximum absolute atomic E-state index is 11.6. The van der Waals surface area contributed by atoms with Crippen LogP contribution >= 0.6 is 0 Å². The van der Waals surface area contributed by atoms with Crippen LogP contribution in [0.2, 0.25) is 0 Å². The molecule has 0 unspecified atom stereocenters. The van der Waals surface area contributed by atoms with Crippen LogP contribution in [-0.4, -0.2) is 24.5 Å². The molecule has 0 saturated carbocycles. The molecule has 0 atom stereocenters. The average Bonchev–Trinajstić information content (AvgIpc) is 2.34. The minimum absolute atomic E-state index is 0. The number of amides is 1. The predicted molar refractivity (Wildman–Crippen MR) is 66.3 cm³/mol. The van der Waals surface area contributed by atoms with Gasteiger partial charge in [-0.25, -0.2) is 6.08 Å². The van der Waals surface area contributed by atoms with Crippen LogP contribution in [0.3, 0.4) is 0 Å². The fourth-order valence-corrected chi connectivity index (χ4v) is 1.87. The van der Waals surface area contributed by atoms with Crippen LogP contribution in [-0.2, 0) is 37.5 Å². The van der Waals surface area contributed by atoms with Crippen molar-refractivity contribution in [1.82, 2.24) is 4.90 Å². The van der Waals surface area contributed by atoms with E-state index in [1.54, 1.807) is 11.9 Å². The third kappa shape index (κ3) is 3.42. The summed E-state index contributed by atoms with van der Waals surface area (Å²) in [6.45, 7) is 2.62. The molecule has 0 fully saturated rings. The van der Waals surface area contributed by atoms with Crippen molar-refractivity contribution in [2.24, 2.45) is 0 Å². The molecule has 1 amide bonds. The van der Waals surface area contributed by atoms with Gasteiger partial charge in [0.15, 0.2) is 0 Å². The van der Waals surface area contributed by atoms with Gasteiger partial charge in [0.25, 0.3) is 0 Å². The second-order valence-electron chi connectivity index (χ2n) is 3.94. The van der Waals surface area contributed by atoms with Gasteiger partial charge >= 0.3 is 0 Å². The maximum Gasteiger partial charge on any atom is 0.222 e. The molecular formula is C14H16NO2Y-. The Morgan fingerprint density at radius 3 is 2.61 bits per heavy atom. The number of hydrogen-bond donors (Lipinski definition) is 0. The molecule has 3 nitrogen and oxygen atoms in total. The first-order valence-electron chi connectivity index (χ1n) is 5.83. The van der Waals surface area contributed by atoms with Crippen LogP contribution in [0.4, 0.5) is 0 Å². The molecule has 2 rings (SSSR count). The molecule has 18 heavy (non-hydrogen) atoms. The molecule has 1 aromatic carbocycles. The average molecular weight is 319 g/mol. The summed E-state index contributed by atoms with van der Waals surface area (Å²) in [6, 6.07) is 7.76. The van der Waals surface area contributed by atoms with Crippen LogP contribution in [0.25, 0.3) is 5.70 Å². The van der Waals surface area contributed by atoms with Gasteiger partial charge in [-0.3, -0.25) is 4.79 Å². The third-order valence-corrected chi connectivity index (χ3v) is 2.78. The molecule has 93 valence electrons.